The van der Waals surface area contributed by atoms with E-state index in [-0.39, 0.29) is 16.6 Å². The molecule has 0 aliphatic carbocycles. The van der Waals surface area contributed by atoms with Crippen LogP contribution in [0, 0.1) is 0 Å². The molecule has 0 spiro atoms. The summed E-state index contributed by atoms with van der Waals surface area (Å²) in [5.74, 6) is -1.23. The summed E-state index contributed by atoms with van der Waals surface area (Å²) in [6.45, 7) is 0. The number of hydrogen-bond acceptors (Lipinski definition) is 5. The highest BCUT2D eigenvalue weighted by Crippen LogP contribution is 2.43. The Labute approximate surface area is 169 Å². The number of benzene rings is 3. The molecule has 5 nitrogen and oxygen atoms in total. The first-order valence-electron chi connectivity index (χ1n) is 8.84. The minimum absolute atomic E-state index is 0.0145. The van der Waals surface area contributed by atoms with E-state index in [2.05, 4.69) is 0 Å². The van der Waals surface area contributed by atoms with E-state index < -0.39 is 22.4 Å². The second-order valence-corrected chi connectivity index (χ2v) is 8.28. The number of esters is 2. The van der Waals surface area contributed by atoms with Crippen molar-refractivity contribution in [1.82, 2.24) is 0 Å². The van der Waals surface area contributed by atoms with Crippen LogP contribution >= 0.6 is 10.5 Å². The fourth-order valence-electron chi connectivity index (χ4n) is 3.40. The van der Waals surface area contributed by atoms with Crippen LogP contribution in [0.3, 0.4) is 0 Å². The summed E-state index contributed by atoms with van der Waals surface area (Å²) in [5, 5.41) is 1.29. The van der Waals surface area contributed by atoms with Crippen molar-refractivity contribution in [2.24, 2.45) is 0 Å². The van der Waals surface area contributed by atoms with Gasteiger partial charge in [-0.2, -0.15) is 0 Å². The Morgan fingerprint density at radius 1 is 0.724 bits per heavy atom. The Morgan fingerprint density at radius 2 is 1.24 bits per heavy atom. The molecule has 0 bridgehead atoms. The second-order valence-electron chi connectivity index (χ2n) is 6.32. The van der Waals surface area contributed by atoms with Gasteiger partial charge in [0.2, 0.25) is 5.43 Å². The van der Waals surface area contributed by atoms with Crippen LogP contribution in [-0.2, 0) is 9.47 Å². The van der Waals surface area contributed by atoms with Gasteiger partial charge < -0.3 is 9.47 Å². The molecule has 144 valence electrons. The lowest BCUT2D eigenvalue weighted by Gasteiger charge is -2.08. The van der Waals surface area contributed by atoms with Crippen LogP contribution in [-0.4, -0.2) is 26.2 Å². The maximum Gasteiger partial charge on any atom is 0.338 e. The van der Waals surface area contributed by atoms with Gasteiger partial charge in [-0.3, -0.25) is 4.79 Å². The van der Waals surface area contributed by atoms with Gasteiger partial charge in [-0.15, -0.1) is 0 Å². The summed E-state index contributed by atoms with van der Waals surface area (Å²) < 4.78 is 11.4. The third kappa shape index (κ3) is 3.07. The molecule has 0 radical (unpaired) electrons. The Kier molecular flexibility index (Phi) is 4.86. The second kappa shape index (κ2) is 7.48. The summed E-state index contributed by atoms with van der Waals surface area (Å²) in [6, 6.07) is 20.0. The van der Waals surface area contributed by atoms with Gasteiger partial charge >= 0.3 is 11.9 Å². The molecule has 3 aromatic carbocycles. The van der Waals surface area contributed by atoms with E-state index in [0.29, 0.717) is 10.8 Å². The maximum atomic E-state index is 13.0. The van der Waals surface area contributed by atoms with Gasteiger partial charge in [0.15, 0.2) is 14.3 Å². The lowest BCUT2D eigenvalue weighted by atomic mass is 10.1. The van der Waals surface area contributed by atoms with Crippen molar-refractivity contribution in [2.45, 2.75) is 0 Å². The summed E-state index contributed by atoms with van der Waals surface area (Å²) in [5.41, 5.74) is 0.261. The van der Waals surface area contributed by atoms with E-state index in [9.17, 15) is 14.4 Å². The largest absolute Gasteiger partial charge is 0.465 e. The zero-order valence-electron chi connectivity index (χ0n) is 15.8. The molecule has 1 aromatic heterocycles. The number of rotatable bonds is 3. The van der Waals surface area contributed by atoms with Crippen LogP contribution in [0.25, 0.3) is 25.1 Å². The monoisotopic (exact) mass is 405 g/mol. The van der Waals surface area contributed by atoms with Crippen molar-refractivity contribution < 1.29 is 19.1 Å². The number of hydrogen-bond donors (Lipinski definition) is 0. The average molecular weight is 405 g/mol. The molecule has 0 aliphatic rings. The van der Waals surface area contributed by atoms with Crippen molar-refractivity contribution >= 4 is 42.6 Å². The summed E-state index contributed by atoms with van der Waals surface area (Å²) in [4.78, 5) is 38.2. The molecule has 0 fully saturated rings. The SMILES string of the molecule is COC(=O)c1ccc(-[s+]2c3ccccc3c(=O)c3ccccc32)cc1C(=O)OC. The molecule has 1 heterocycles. The van der Waals surface area contributed by atoms with Crippen LogP contribution in [0.5, 0.6) is 0 Å². The molecule has 29 heavy (non-hydrogen) atoms. The quantitative estimate of drug-likeness (QED) is 0.282. The van der Waals surface area contributed by atoms with Gasteiger partial charge in [-0.25, -0.2) is 9.59 Å². The molecule has 0 aliphatic heterocycles. The lowest BCUT2D eigenvalue weighted by molar-refractivity contribution is 0.0555. The number of carbonyl (C=O) groups excluding carboxylic acids is 2. The normalized spacial score (nSPS) is 10.8. The van der Waals surface area contributed by atoms with Gasteiger partial charge in [0.1, 0.15) is 0 Å². The Hall–Kier alpha value is -3.51. The first kappa shape index (κ1) is 18.8. The minimum Gasteiger partial charge on any atom is -0.465 e. The lowest BCUT2D eigenvalue weighted by Crippen LogP contribution is -2.11. The summed E-state index contributed by atoms with van der Waals surface area (Å²) >= 11 is 0. The highest BCUT2D eigenvalue weighted by Gasteiger charge is 2.26. The summed E-state index contributed by atoms with van der Waals surface area (Å²) in [7, 11) is 1.92. The Morgan fingerprint density at radius 3 is 1.79 bits per heavy atom. The maximum absolute atomic E-state index is 13.0. The molecule has 0 unspecified atom stereocenters. The van der Waals surface area contributed by atoms with E-state index in [0.717, 1.165) is 14.3 Å². The molecular weight excluding hydrogens is 388 g/mol. The number of ether oxygens (including phenoxy) is 2. The van der Waals surface area contributed by atoms with E-state index >= 15 is 0 Å². The zero-order chi connectivity index (χ0) is 20.5. The van der Waals surface area contributed by atoms with E-state index in [1.165, 1.54) is 14.2 Å². The van der Waals surface area contributed by atoms with Crippen molar-refractivity contribution in [3.05, 3.63) is 88.1 Å². The molecule has 6 heteroatoms. The molecule has 0 N–H and O–H groups in total. The van der Waals surface area contributed by atoms with Gasteiger partial charge in [-0.05, 0) is 36.4 Å². The zero-order valence-corrected chi connectivity index (χ0v) is 16.6. The fraction of sp³-hybridized carbons (Fsp3) is 0.0870. The standard InChI is InChI=1S/C23H17O5S/c1-27-22(25)15-12-11-14(13-18(15)23(26)28-2)29-19-9-5-3-7-16(19)21(24)17-8-4-6-10-20(17)29/h3-13H,1-2H3/q+1. The first-order valence-corrected chi connectivity index (χ1v) is 10.1. The third-order valence-corrected chi connectivity index (χ3v) is 7.06. The average Bonchev–Trinajstić information content (AvgIpc) is 2.78. The molecule has 0 atom stereocenters. The Balaban J connectivity index is 2.12. The van der Waals surface area contributed by atoms with Crippen molar-refractivity contribution in [3.63, 3.8) is 0 Å². The molecular formula is C23H17O5S+. The predicted molar refractivity (Wildman–Crippen MR) is 114 cm³/mol. The highest BCUT2D eigenvalue weighted by molar-refractivity contribution is 7.49. The number of fused-ring (bicyclic) bond motifs is 2. The molecule has 4 aromatic rings. The van der Waals surface area contributed by atoms with Crippen LogP contribution in [0.2, 0.25) is 0 Å². The van der Waals surface area contributed by atoms with Gasteiger partial charge in [0.05, 0.1) is 36.1 Å². The van der Waals surface area contributed by atoms with Crippen molar-refractivity contribution in [3.8, 4) is 4.90 Å². The molecule has 0 saturated carbocycles. The molecule has 0 amide bonds. The number of carbonyl (C=O) groups is 2. The van der Waals surface area contributed by atoms with E-state index in [1.807, 2.05) is 48.5 Å². The summed E-state index contributed by atoms with van der Waals surface area (Å²) in [6.07, 6.45) is 0. The van der Waals surface area contributed by atoms with E-state index in [1.54, 1.807) is 18.2 Å². The third-order valence-electron chi connectivity index (χ3n) is 4.74. The number of methoxy groups -OCH3 is 2. The van der Waals surface area contributed by atoms with E-state index in [4.69, 9.17) is 9.47 Å². The van der Waals surface area contributed by atoms with Crippen molar-refractivity contribution in [1.29, 1.82) is 0 Å². The fourth-order valence-corrected chi connectivity index (χ4v) is 5.77. The van der Waals surface area contributed by atoms with Gasteiger partial charge in [0, 0.05) is 16.5 Å². The Bertz CT molecular complexity index is 1280. The van der Waals surface area contributed by atoms with Crippen LogP contribution in [0.4, 0.5) is 0 Å². The molecule has 4 rings (SSSR count). The smallest absolute Gasteiger partial charge is 0.338 e. The van der Waals surface area contributed by atoms with Crippen LogP contribution < -0.4 is 5.43 Å². The van der Waals surface area contributed by atoms with Gasteiger partial charge in [-0.1, -0.05) is 24.3 Å². The predicted octanol–water partition coefficient (Wildman–Crippen LogP) is 4.66. The topological polar surface area (TPSA) is 69.7 Å². The van der Waals surface area contributed by atoms with Crippen LogP contribution in [0.15, 0.2) is 71.5 Å². The van der Waals surface area contributed by atoms with Crippen LogP contribution in [0.1, 0.15) is 20.7 Å². The minimum atomic E-state index is -0.620. The first-order chi connectivity index (χ1) is 14.1. The van der Waals surface area contributed by atoms with Gasteiger partial charge in [0.25, 0.3) is 0 Å². The molecule has 0 saturated heterocycles. The highest BCUT2D eigenvalue weighted by atomic mass is 32.2. The van der Waals surface area contributed by atoms with Crippen molar-refractivity contribution in [2.75, 3.05) is 14.2 Å².